The number of aryl methyl sites for hydroxylation is 1. The molecule has 0 radical (unpaired) electrons. The van der Waals surface area contributed by atoms with E-state index < -0.39 is 28.5 Å². The molecule has 0 aromatic heterocycles. The van der Waals surface area contributed by atoms with E-state index in [4.69, 9.17) is 11.6 Å². The molecule has 0 bridgehead atoms. The lowest BCUT2D eigenvalue weighted by Crippen LogP contribution is -2.41. The summed E-state index contributed by atoms with van der Waals surface area (Å²) < 4.78 is 40.9. The van der Waals surface area contributed by atoms with Crippen molar-refractivity contribution in [3.63, 3.8) is 0 Å². The van der Waals surface area contributed by atoms with Gasteiger partial charge in [0.15, 0.2) is 0 Å². The number of carbonyl (C=O) groups excluding carboxylic acids is 1. The lowest BCUT2D eigenvalue weighted by Gasteiger charge is -2.26. The maximum Gasteiger partial charge on any atom is 0.264 e. The molecule has 0 heterocycles. The third-order valence-electron chi connectivity index (χ3n) is 4.76. The van der Waals surface area contributed by atoms with E-state index in [1.165, 1.54) is 24.3 Å². The molecular formula is C23H22ClFN2O3S. The molecule has 1 amide bonds. The van der Waals surface area contributed by atoms with Gasteiger partial charge in [-0.1, -0.05) is 53.6 Å². The molecule has 3 aromatic carbocycles. The van der Waals surface area contributed by atoms with E-state index in [9.17, 15) is 17.6 Å². The Labute approximate surface area is 186 Å². The summed E-state index contributed by atoms with van der Waals surface area (Å²) in [6, 6.07) is 18.1. The Balaban J connectivity index is 1.90. The van der Waals surface area contributed by atoms with Gasteiger partial charge in [0.25, 0.3) is 10.0 Å². The number of carbonyl (C=O) groups is 1. The minimum Gasteiger partial charge on any atom is -0.348 e. The van der Waals surface area contributed by atoms with Gasteiger partial charge >= 0.3 is 0 Å². The molecule has 0 saturated heterocycles. The van der Waals surface area contributed by atoms with Crippen molar-refractivity contribution in [1.29, 1.82) is 0 Å². The minimum atomic E-state index is -4.06. The topological polar surface area (TPSA) is 66.5 Å². The predicted octanol–water partition coefficient (Wildman–Crippen LogP) is 4.86. The Morgan fingerprint density at radius 1 is 1.03 bits per heavy atom. The zero-order valence-electron chi connectivity index (χ0n) is 17.0. The van der Waals surface area contributed by atoms with Crippen LogP contribution in [0, 0.1) is 12.7 Å². The third-order valence-corrected chi connectivity index (χ3v) is 6.86. The molecular weight excluding hydrogens is 439 g/mol. The zero-order valence-corrected chi connectivity index (χ0v) is 18.6. The molecule has 0 fully saturated rings. The first-order valence-corrected chi connectivity index (χ1v) is 11.4. The first-order chi connectivity index (χ1) is 14.7. The second-order valence-corrected chi connectivity index (χ2v) is 9.39. The van der Waals surface area contributed by atoms with Crippen molar-refractivity contribution in [3.05, 3.63) is 94.8 Å². The van der Waals surface area contributed by atoms with Gasteiger partial charge < -0.3 is 5.32 Å². The van der Waals surface area contributed by atoms with Gasteiger partial charge in [-0.2, -0.15) is 0 Å². The van der Waals surface area contributed by atoms with Crippen molar-refractivity contribution >= 4 is 33.2 Å². The van der Waals surface area contributed by atoms with Crippen molar-refractivity contribution in [1.82, 2.24) is 5.32 Å². The van der Waals surface area contributed by atoms with Crippen molar-refractivity contribution in [2.45, 2.75) is 24.8 Å². The van der Waals surface area contributed by atoms with Crippen LogP contribution >= 0.6 is 11.6 Å². The standard InChI is InChI=1S/C23H22ClFN2O3S/c1-16-7-13-20(14-8-16)31(29,30)27(22-6-4-3-5-21(22)24)15-23(28)26-17(2)18-9-11-19(25)12-10-18/h3-14,17H,15H2,1-2H3,(H,26,28)/t17-/m0/s1. The lowest BCUT2D eigenvalue weighted by molar-refractivity contribution is -0.120. The normalized spacial score (nSPS) is 12.3. The van der Waals surface area contributed by atoms with Gasteiger partial charge in [-0.15, -0.1) is 0 Å². The van der Waals surface area contributed by atoms with E-state index in [0.29, 0.717) is 5.56 Å². The van der Waals surface area contributed by atoms with E-state index in [1.54, 1.807) is 55.5 Å². The molecule has 1 N–H and O–H groups in total. The number of para-hydroxylation sites is 1. The highest BCUT2D eigenvalue weighted by Gasteiger charge is 2.29. The number of anilines is 1. The average molecular weight is 461 g/mol. The smallest absolute Gasteiger partial charge is 0.264 e. The quantitative estimate of drug-likeness (QED) is 0.547. The fraction of sp³-hybridized carbons (Fsp3) is 0.174. The van der Waals surface area contributed by atoms with Gasteiger partial charge in [-0.05, 0) is 55.8 Å². The molecule has 5 nitrogen and oxygen atoms in total. The number of halogens is 2. The Morgan fingerprint density at radius 3 is 2.26 bits per heavy atom. The fourth-order valence-electron chi connectivity index (χ4n) is 3.04. The van der Waals surface area contributed by atoms with Gasteiger partial charge in [0.05, 0.1) is 21.6 Å². The molecule has 31 heavy (non-hydrogen) atoms. The summed E-state index contributed by atoms with van der Waals surface area (Å²) in [5, 5.41) is 2.96. The van der Waals surface area contributed by atoms with Crippen LogP contribution in [0.2, 0.25) is 5.02 Å². The second kappa shape index (κ2) is 9.49. The summed E-state index contributed by atoms with van der Waals surface area (Å²) in [6.07, 6.45) is 0. The maximum atomic E-state index is 13.4. The van der Waals surface area contributed by atoms with E-state index >= 15 is 0 Å². The summed E-state index contributed by atoms with van der Waals surface area (Å²) >= 11 is 6.26. The van der Waals surface area contributed by atoms with Crippen LogP contribution in [0.3, 0.4) is 0 Å². The van der Waals surface area contributed by atoms with Gasteiger partial charge in [0.1, 0.15) is 12.4 Å². The fourth-order valence-corrected chi connectivity index (χ4v) is 4.77. The van der Waals surface area contributed by atoms with E-state index in [-0.39, 0.29) is 21.4 Å². The first-order valence-electron chi connectivity index (χ1n) is 9.57. The molecule has 0 spiro atoms. The summed E-state index contributed by atoms with van der Waals surface area (Å²) in [5.74, 6) is -0.899. The molecule has 3 rings (SSSR count). The van der Waals surface area contributed by atoms with Crippen LogP contribution in [-0.4, -0.2) is 20.9 Å². The maximum absolute atomic E-state index is 13.4. The van der Waals surface area contributed by atoms with Crippen LogP contribution in [-0.2, 0) is 14.8 Å². The number of sulfonamides is 1. The Kier molecular flexibility index (Phi) is 6.97. The largest absolute Gasteiger partial charge is 0.348 e. The van der Waals surface area contributed by atoms with E-state index in [1.807, 2.05) is 6.92 Å². The summed E-state index contributed by atoms with van der Waals surface area (Å²) in [4.78, 5) is 12.8. The van der Waals surface area contributed by atoms with Crippen molar-refractivity contribution in [2.24, 2.45) is 0 Å². The van der Waals surface area contributed by atoms with Crippen LogP contribution in [0.15, 0.2) is 77.7 Å². The highest BCUT2D eigenvalue weighted by atomic mass is 35.5. The highest BCUT2D eigenvalue weighted by molar-refractivity contribution is 7.92. The average Bonchev–Trinajstić information content (AvgIpc) is 2.73. The van der Waals surface area contributed by atoms with Gasteiger partial charge in [0, 0.05) is 0 Å². The summed E-state index contributed by atoms with van der Waals surface area (Å²) in [6.45, 7) is 3.12. The zero-order chi connectivity index (χ0) is 22.6. The molecule has 0 saturated carbocycles. The monoisotopic (exact) mass is 460 g/mol. The van der Waals surface area contributed by atoms with Gasteiger partial charge in [0.2, 0.25) is 5.91 Å². The van der Waals surface area contributed by atoms with Crippen LogP contribution in [0.1, 0.15) is 24.1 Å². The second-order valence-electron chi connectivity index (χ2n) is 7.12. The molecule has 3 aromatic rings. The Morgan fingerprint density at radius 2 is 1.65 bits per heavy atom. The molecule has 0 unspecified atom stereocenters. The predicted molar refractivity (Wildman–Crippen MR) is 120 cm³/mol. The van der Waals surface area contributed by atoms with Crippen molar-refractivity contribution in [2.75, 3.05) is 10.8 Å². The number of benzene rings is 3. The summed E-state index contributed by atoms with van der Waals surface area (Å²) in [5.41, 5.74) is 1.81. The SMILES string of the molecule is Cc1ccc(S(=O)(=O)N(CC(=O)N[C@@H](C)c2ccc(F)cc2)c2ccccc2Cl)cc1. The van der Waals surface area contributed by atoms with E-state index in [2.05, 4.69) is 5.32 Å². The number of amides is 1. The highest BCUT2D eigenvalue weighted by Crippen LogP contribution is 2.30. The van der Waals surface area contributed by atoms with Crippen LogP contribution in [0.4, 0.5) is 10.1 Å². The first kappa shape index (κ1) is 22.8. The molecule has 162 valence electrons. The van der Waals surface area contributed by atoms with Crippen LogP contribution in [0.5, 0.6) is 0 Å². The van der Waals surface area contributed by atoms with E-state index in [0.717, 1.165) is 9.87 Å². The van der Waals surface area contributed by atoms with Crippen LogP contribution < -0.4 is 9.62 Å². The molecule has 8 heteroatoms. The van der Waals surface area contributed by atoms with Gasteiger partial charge in [-0.25, -0.2) is 12.8 Å². The summed E-state index contributed by atoms with van der Waals surface area (Å²) in [7, 11) is -4.06. The third kappa shape index (κ3) is 5.42. The van der Waals surface area contributed by atoms with Crippen LogP contribution in [0.25, 0.3) is 0 Å². The number of hydrogen-bond acceptors (Lipinski definition) is 3. The van der Waals surface area contributed by atoms with Crippen molar-refractivity contribution in [3.8, 4) is 0 Å². The molecule has 1 atom stereocenters. The molecule has 0 aliphatic heterocycles. The Hall–Kier alpha value is -2.90. The minimum absolute atomic E-state index is 0.0532. The molecule has 0 aliphatic carbocycles. The molecule has 0 aliphatic rings. The number of rotatable bonds is 7. The Bertz CT molecular complexity index is 1170. The number of nitrogens with one attached hydrogen (secondary N) is 1. The number of nitrogens with zero attached hydrogens (tertiary/aromatic N) is 1. The van der Waals surface area contributed by atoms with Gasteiger partial charge in [-0.3, -0.25) is 9.10 Å². The number of hydrogen-bond donors (Lipinski definition) is 1. The lowest BCUT2D eigenvalue weighted by atomic mass is 10.1. The van der Waals surface area contributed by atoms with Crippen molar-refractivity contribution < 1.29 is 17.6 Å².